The van der Waals surface area contributed by atoms with E-state index in [2.05, 4.69) is 43.0 Å². The Morgan fingerprint density at radius 1 is 1.06 bits per heavy atom. The smallest absolute Gasteiger partial charge is 0.142 e. The van der Waals surface area contributed by atoms with E-state index in [1.54, 1.807) is 13.4 Å². The van der Waals surface area contributed by atoms with Gasteiger partial charge in [-0.1, -0.05) is 24.3 Å². The van der Waals surface area contributed by atoms with Crippen LogP contribution in [-0.4, -0.2) is 45.1 Å². The van der Waals surface area contributed by atoms with Crippen LogP contribution >= 0.6 is 0 Å². The Bertz CT molecular complexity index is 1450. The van der Waals surface area contributed by atoms with Crippen molar-refractivity contribution in [3.8, 4) is 16.9 Å². The minimum Gasteiger partial charge on any atom is -0.497 e. The van der Waals surface area contributed by atoms with E-state index < -0.39 is 5.54 Å². The van der Waals surface area contributed by atoms with Gasteiger partial charge in [-0.05, 0) is 42.7 Å². The average Bonchev–Trinajstić information content (AvgIpc) is 3.52. The fraction of sp³-hybridized carbons (Fsp3) is 0.240. The topological polar surface area (TPSA) is 109 Å². The Hall–Kier alpha value is -3.91. The lowest BCUT2D eigenvalue weighted by molar-refractivity contribution is 0.327. The zero-order valence-corrected chi connectivity index (χ0v) is 18.4. The zero-order valence-electron chi connectivity index (χ0n) is 18.4. The number of aromatic amines is 2. The molecule has 8 heteroatoms. The Morgan fingerprint density at radius 3 is 2.76 bits per heavy atom. The van der Waals surface area contributed by atoms with Crippen molar-refractivity contribution < 1.29 is 4.74 Å². The second-order valence-corrected chi connectivity index (χ2v) is 8.60. The highest BCUT2D eigenvalue weighted by atomic mass is 16.5. The number of para-hydroxylation sites is 1. The number of piperidine rings is 1. The molecule has 0 bridgehead atoms. The maximum Gasteiger partial charge on any atom is 0.142 e. The summed E-state index contributed by atoms with van der Waals surface area (Å²) in [6, 6.07) is 16.3. The highest BCUT2D eigenvalue weighted by Gasteiger charge is 2.36. The molecule has 8 nitrogen and oxygen atoms in total. The summed E-state index contributed by atoms with van der Waals surface area (Å²) in [6.45, 7) is 1.60. The second-order valence-electron chi connectivity index (χ2n) is 8.60. The third-order valence-electron chi connectivity index (χ3n) is 6.65. The molecule has 6 rings (SSSR count). The van der Waals surface area contributed by atoms with E-state index in [0.717, 1.165) is 76.5 Å². The number of anilines is 1. The van der Waals surface area contributed by atoms with Gasteiger partial charge < -0.3 is 25.3 Å². The summed E-state index contributed by atoms with van der Waals surface area (Å²) < 4.78 is 5.41. The van der Waals surface area contributed by atoms with Gasteiger partial charge in [0.25, 0.3) is 0 Å². The normalized spacial score (nSPS) is 15.9. The monoisotopic (exact) mass is 439 g/mol. The number of aromatic nitrogens is 5. The molecule has 0 aliphatic carbocycles. The Balaban J connectivity index is 1.31. The van der Waals surface area contributed by atoms with Crippen molar-refractivity contribution in [3.63, 3.8) is 0 Å². The molecule has 4 heterocycles. The van der Waals surface area contributed by atoms with Gasteiger partial charge >= 0.3 is 0 Å². The fourth-order valence-electron chi connectivity index (χ4n) is 4.76. The first-order valence-corrected chi connectivity index (χ1v) is 11.1. The quantitative estimate of drug-likeness (QED) is 0.391. The van der Waals surface area contributed by atoms with Crippen LogP contribution in [0.3, 0.4) is 0 Å². The van der Waals surface area contributed by atoms with Gasteiger partial charge in [-0.3, -0.25) is 0 Å². The van der Waals surface area contributed by atoms with Gasteiger partial charge in [0.15, 0.2) is 0 Å². The van der Waals surface area contributed by atoms with Crippen molar-refractivity contribution in [2.45, 2.75) is 18.4 Å². The van der Waals surface area contributed by atoms with E-state index in [1.165, 1.54) is 0 Å². The van der Waals surface area contributed by atoms with E-state index in [4.69, 9.17) is 15.5 Å². The summed E-state index contributed by atoms with van der Waals surface area (Å²) in [4.78, 5) is 22.8. The summed E-state index contributed by atoms with van der Waals surface area (Å²) in [5.41, 5.74) is 11.3. The van der Waals surface area contributed by atoms with E-state index in [0.29, 0.717) is 0 Å². The number of nitrogens with two attached hydrogens (primary N) is 1. The van der Waals surface area contributed by atoms with Crippen molar-refractivity contribution in [2.75, 3.05) is 25.1 Å². The number of methoxy groups -OCH3 is 1. The van der Waals surface area contributed by atoms with E-state index in [9.17, 15) is 0 Å². The summed E-state index contributed by atoms with van der Waals surface area (Å²) in [7, 11) is 1.68. The van der Waals surface area contributed by atoms with Gasteiger partial charge in [0.2, 0.25) is 0 Å². The van der Waals surface area contributed by atoms with Gasteiger partial charge in [-0.15, -0.1) is 0 Å². The third-order valence-corrected chi connectivity index (χ3v) is 6.65. The standard InChI is InChI=1S/C25H25N7O/c1-33-17-5-2-4-16(14-17)18-6-3-7-20-21(18)31-24(30-20)25(26)9-12-32(13-10-25)23-19-8-11-27-22(19)28-15-29-23/h2-8,11,14-15H,9-10,12-13,26H2,1H3,(H,30,31)(H,27,28,29). The largest absolute Gasteiger partial charge is 0.497 e. The lowest BCUT2D eigenvalue weighted by Gasteiger charge is -2.38. The minimum absolute atomic E-state index is 0.522. The molecule has 0 atom stereocenters. The molecule has 1 fully saturated rings. The van der Waals surface area contributed by atoms with Crippen LogP contribution in [0.1, 0.15) is 18.7 Å². The molecular formula is C25H25N7O. The first-order valence-electron chi connectivity index (χ1n) is 11.1. The average molecular weight is 440 g/mol. The summed E-state index contributed by atoms with van der Waals surface area (Å²) in [5.74, 6) is 2.61. The number of rotatable bonds is 4. The number of imidazole rings is 1. The molecule has 0 saturated carbocycles. The molecule has 2 aromatic carbocycles. The Kier molecular flexibility index (Phi) is 4.55. The molecule has 33 heavy (non-hydrogen) atoms. The molecule has 0 radical (unpaired) electrons. The molecule has 1 aliphatic rings. The number of hydrogen-bond donors (Lipinski definition) is 3. The van der Waals surface area contributed by atoms with E-state index in [1.807, 2.05) is 36.5 Å². The molecule has 3 aromatic heterocycles. The second kappa shape index (κ2) is 7.60. The van der Waals surface area contributed by atoms with Crippen LogP contribution in [0.15, 0.2) is 61.1 Å². The Labute approximate surface area is 190 Å². The van der Waals surface area contributed by atoms with Crippen LogP contribution < -0.4 is 15.4 Å². The van der Waals surface area contributed by atoms with Gasteiger partial charge in [-0.2, -0.15) is 0 Å². The number of benzene rings is 2. The van der Waals surface area contributed by atoms with E-state index in [-0.39, 0.29) is 0 Å². The summed E-state index contributed by atoms with van der Waals surface area (Å²) in [6.07, 6.45) is 5.06. The van der Waals surface area contributed by atoms with Crippen LogP contribution in [0.4, 0.5) is 5.82 Å². The van der Waals surface area contributed by atoms with Crippen LogP contribution in [0, 0.1) is 0 Å². The number of nitrogens with one attached hydrogen (secondary N) is 2. The zero-order chi connectivity index (χ0) is 22.4. The predicted molar refractivity (Wildman–Crippen MR) is 129 cm³/mol. The molecule has 0 spiro atoms. The molecule has 0 amide bonds. The highest BCUT2D eigenvalue weighted by molar-refractivity contribution is 5.92. The third kappa shape index (κ3) is 3.30. The van der Waals surface area contributed by atoms with E-state index >= 15 is 0 Å². The molecule has 0 unspecified atom stereocenters. The molecule has 1 saturated heterocycles. The van der Waals surface area contributed by atoms with Crippen molar-refractivity contribution in [1.29, 1.82) is 0 Å². The van der Waals surface area contributed by atoms with Crippen molar-refractivity contribution in [3.05, 3.63) is 66.9 Å². The number of fused-ring (bicyclic) bond motifs is 2. The maximum absolute atomic E-state index is 6.93. The van der Waals surface area contributed by atoms with Crippen LogP contribution in [0.2, 0.25) is 0 Å². The first kappa shape index (κ1) is 19.8. The SMILES string of the molecule is COc1cccc(-c2cccc3[nH]c(C4(N)CCN(c5ncnc6[nH]ccc56)CC4)nc23)c1. The molecule has 1 aliphatic heterocycles. The van der Waals surface area contributed by atoms with Crippen molar-refractivity contribution in [2.24, 2.45) is 5.73 Å². The number of H-pyrrole nitrogens is 2. The fourth-order valence-corrected chi connectivity index (χ4v) is 4.76. The summed E-state index contributed by atoms with van der Waals surface area (Å²) in [5, 5.41) is 1.04. The molecular weight excluding hydrogens is 414 g/mol. The Morgan fingerprint density at radius 2 is 1.91 bits per heavy atom. The maximum atomic E-state index is 6.93. The summed E-state index contributed by atoms with van der Waals surface area (Å²) >= 11 is 0. The van der Waals surface area contributed by atoms with Gasteiger partial charge in [0, 0.05) is 24.8 Å². The lowest BCUT2D eigenvalue weighted by Crippen LogP contribution is -2.49. The number of nitrogens with zero attached hydrogens (tertiary/aromatic N) is 4. The molecule has 5 aromatic rings. The minimum atomic E-state index is -0.522. The first-order chi connectivity index (χ1) is 16.1. The van der Waals surface area contributed by atoms with Crippen molar-refractivity contribution >= 4 is 27.9 Å². The molecule has 4 N–H and O–H groups in total. The van der Waals surface area contributed by atoms with Gasteiger partial charge in [-0.25, -0.2) is 15.0 Å². The predicted octanol–water partition coefficient (Wildman–Crippen LogP) is 3.96. The number of ether oxygens (including phenoxy) is 1. The number of hydrogen-bond acceptors (Lipinski definition) is 6. The van der Waals surface area contributed by atoms with Crippen molar-refractivity contribution in [1.82, 2.24) is 24.9 Å². The van der Waals surface area contributed by atoms with Crippen LogP contribution in [0.25, 0.3) is 33.2 Å². The lowest BCUT2D eigenvalue weighted by atomic mass is 9.88. The van der Waals surface area contributed by atoms with Crippen LogP contribution in [-0.2, 0) is 5.54 Å². The molecule has 166 valence electrons. The highest BCUT2D eigenvalue weighted by Crippen LogP contribution is 2.35. The van der Waals surface area contributed by atoms with Crippen LogP contribution in [0.5, 0.6) is 5.75 Å². The van der Waals surface area contributed by atoms with Gasteiger partial charge in [0.1, 0.15) is 29.4 Å². The van der Waals surface area contributed by atoms with Gasteiger partial charge in [0.05, 0.1) is 29.1 Å².